The van der Waals surface area contributed by atoms with Gasteiger partial charge in [0.25, 0.3) is 0 Å². The fraction of sp³-hybridized carbons (Fsp3) is 0.340. The third-order valence-electron chi connectivity index (χ3n) is 10.6. The number of hydrogen-bond donors (Lipinski definition) is 1. The second-order valence-corrected chi connectivity index (χ2v) is 16.9. The standard InChI is InChI=1S/C28H25N3O2S.C15H17N3O2S.C4H8O.ClH/c1-3-33-26(32)28(15-16-28)23-18-22(14-17-29-23)25-19(2)30-27(34-25)31-24(20-10-6-4-7-11-20)21-12-8-5-9-13-21;1-3-20-13(19)15(5-6-15)11-8-10(4-7-17-11)12-9(2)18-14(16)21-12;1-2-4-5-3-1;/h4-14,17-18H,3,15-16H2,1-2H3;4,7-8H,3,5-6H2,1-2H3,(H2,16,18);1-4H2;1H. The molecule has 0 amide bonds. The summed E-state index contributed by atoms with van der Waals surface area (Å²) in [6.45, 7) is 10.3. The van der Waals surface area contributed by atoms with Crippen LogP contribution in [0.15, 0.2) is 102 Å². The van der Waals surface area contributed by atoms with Crippen LogP contribution in [0.25, 0.3) is 20.9 Å². The van der Waals surface area contributed by atoms with E-state index < -0.39 is 10.8 Å². The van der Waals surface area contributed by atoms with Gasteiger partial charge < -0.3 is 19.9 Å². The molecule has 0 bridgehead atoms. The molecule has 1 aliphatic heterocycles. The fourth-order valence-corrected chi connectivity index (χ4v) is 8.83. The zero-order valence-corrected chi connectivity index (χ0v) is 37.3. The van der Waals surface area contributed by atoms with Gasteiger partial charge in [0.05, 0.1) is 51.5 Å². The predicted molar refractivity (Wildman–Crippen MR) is 245 cm³/mol. The van der Waals surface area contributed by atoms with Crippen molar-refractivity contribution in [2.24, 2.45) is 4.99 Å². The van der Waals surface area contributed by atoms with Crippen molar-refractivity contribution < 1.29 is 23.8 Å². The Bertz CT molecular complexity index is 2400. The molecule has 11 nitrogen and oxygen atoms in total. The Morgan fingerprint density at radius 1 is 0.705 bits per heavy atom. The van der Waals surface area contributed by atoms with Crippen LogP contribution in [0, 0.1) is 13.8 Å². The molecule has 0 unspecified atom stereocenters. The third-order valence-corrected chi connectivity index (χ3v) is 12.7. The molecule has 0 spiro atoms. The summed E-state index contributed by atoms with van der Waals surface area (Å²) in [4.78, 5) is 49.7. The van der Waals surface area contributed by atoms with Crippen molar-refractivity contribution in [3.05, 3.63) is 131 Å². The average Bonchev–Trinajstić information content (AvgIpc) is 4.11. The van der Waals surface area contributed by atoms with Crippen molar-refractivity contribution in [3.63, 3.8) is 0 Å². The van der Waals surface area contributed by atoms with E-state index in [0.717, 1.165) is 99.4 Å². The first-order valence-corrected chi connectivity index (χ1v) is 22.1. The Kier molecular flexibility index (Phi) is 15.2. The van der Waals surface area contributed by atoms with Crippen LogP contribution in [0.4, 0.5) is 10.3 Å². The molecule has 61 heavy (non-hydrogen) atoms. The molecule has 2 saturated carbocycles. The number of anilines is 1. The quantitative estimate of drug-likeness (QED) is 0.0983. The Morgan fingerprint density at radius 2 is 1.16 bits per heavy atom. The summed E-state index contributed by atoms with van der Waals surface area (Å²) in [6.07, 6.45) is 9.21. The molecule has 318 valence electrons. The molecule has 3 aliphatic rings. The smallest absolute Gasteiger partial charge is 0.318 e. The lowest BCUT2D eigenvalue weighted by atomic mass is 10.00. The van der Waals surface area contributed by atoms with E-state index >= 15 is 0 Å². The van der Waals surface area contributed by atoms with Gasteiger partial charge in [0.1, 0.15) is 10.8 Å². The molecule has 6 aromatic rings. The van der Waals surface area contributed by atoms with Gasteiger partial charge in [-0.25, -0.2) is 15.0 Å². The summed E-state index contributed by atoms with van der Waals surface area (Å²) in [5, 5.41) is 1.24. The van der Waals surface area contributed by atoms with E-state index in [0.29, 0.717) is 23.5 Å². The number of thiazole rings is 2. The van der Waals surface area contributed by atoms with Gasteiger partial charge in [-0.3, -0.25) is 19.6 Å². The van der Waals surface area contributed by atoms with Crippen LogP contribution in [0.2, 0.25) is 0 Å². The summed E-state index contributed by atoms with van der Waals surface area (Å²) in [6, 6.07) is 28.2. The molecular formula is C47H51ClN6O5S2. The number of nitrogen functional groups attached to an aromatic ring is 1. The van der Waals surface area contributed by atoms with Crippen LogP contribution < -0.4 is 5.73 Å². The highest BCUT2D eigenvalue weighted by Crippen LogP contribution is 2.50. The number of esters is 2. The minimum absolute atomic E-state index is 0. The van der Waals surface area contributed by atoms with Gasteiger partial charge in [0.2, 0.25) is 5.13 Å². The first-order chi connectivity index (χ1) is 29.2. The van der Waals surface area contributed by atoms with E-state index in [1.165, 1.54) is 24.2 Å². The molecular weight excluding hydrogens is 828 g/mol. The van der Waals surface area contributed by atoms with Crippen LogP contribution in [-0.4, -0.2) is 64.0 Å². The first kappa shape index (κ1) is 45.2. The van der Waals surface area contributed by atoms with Crippen molar-refractivity contribution in [1.82, 2.24) is 19.9 Å². The number of ether oxygens (including phenoxy) is 3. The van der Waals surface area contributed by atoms with Gasteiger partial charge in [-0.05, 0) is 102 Å². The van der Waals surface area contributed by atoms with E-state index in [9.17, 15) is 9.59 Å². The van der Waals surface area contributed by atoms with Crippen molar-refractivity contribution in [3.8, 4) is 20.9 Å². The lowest BCUT2D eigenvalue weighted by Crippen LogP contribution is -2.24. The van der Waals surface area contributed by atoms with E-state index in [-0.39, 0.29) is 24.3 Å². The number of pyridine rings is 2. The minimum Gasteiger partial charge on any atom is -0.465 e. The van der Waals surface area contributed by atoms with Crippen molar-refractivity contribution >= 4 is 63.0 Å². The molecule has 14 heteroatoms. The summed E-state index contributed by atoms with van der Waals surface area (Å²) in [7, 11) is 0. The highest BCUT2D eigenvalue weighted by molar-refractivity contribution is 7.19. The van der Waals surface area contributed by atoms with Gasteiger partial charge in [-0.1, -0.05) is 83.3 Å². The number of hydrogen-bond acceptors (Lipinski definition) is 13. The summed E-state index contributed by atoms with van der Waals surface area (Å²) in [5.41, 5.74) is 12.9. The monoisotopic (exact) mass is 878 g/mol. The zero-order valence-electron chi connectivity index (χ0n) is 34.9. The molecule has 0 atom stereocenters. The van der Waals surface area contributed by atoms with E-state index in [1.807, 2.05) is 88.4 Å². The highest BCUT2D eigenvalue weighted by atomic mass is 35.5. The molecule has 1 saturated heterocycles. The van der Waals surface area contributed by atoms with Gasteiger partial charge in [-0.15, -0.1) is 12.4 Å². The third kappa shape index (κ3) is 10.6. The molecule has 2 N–H and O–H groups in total. The second-order valence-electron chi connectivity index (χ2n) is 14.9. The van der Waals surface area contributed by atoms with Crippen LogP contribution in [0.1, 0.15) is 86.3 Å². The van der Waals surface area contributed by atoms with Crippen LogP contribution in [0.5, 0.6) is 0 Å². The Morgan fingerprint density at radius 3 is 1.56 bits per heavy atom. The number of carbonyl (C=O) groups is 2. The van der Waals surface area contributed by atoms with Crippen molar-refractivity contribution in [2.75, 3.05) is 32.2 Å². The minimum atomic E-state index is -0.598. The maximum absolute atomic E-state index is 12.5. The van der Waals surface area contributed by atoms with Gasteiger partial charge in [-0.2, -0.15) is 0 Å². The maximum atomic E-state index is 12.5. The average molecular weight is 880 g/mol. The Hall–Kier alpha value is -5.34. The van der Waals surface area contributed by atoms with E-state index in [2.05, 4.69) is 39.2 Å². The number of nitrogens with two attached hydrogens (primary N) is 1. The van der Waals surface area contributed by atoms with Crippen LogP contribution in [0.3, 0.4) is 0 Å². The summed E-state index contributed by atoms with van der Waals surface area (Å²) in [5.74, 6) is -0.350. The largest absolute Gasteiger partial charge is 0.465 e. The number of aryl methyl sites for hydroxylation is 2. The number of rotatable bonds is 11. The molecule has 3 fully saturated rings. The molecule has 0 radical (unpaired) electrons. The van der Waals surface area contributed by atoms with Gasteiger partial charge in [0, 0.05) is 36.7 Å². The van der Waals surface area contributed by atoms with Crippen LogP contribution >= 0.6 is 35.1 Å². The SMILES string of the molecule is C1CCOC1.CCOC(=O)C1(c2cc(-c3sc(N)nc3C)ccn2)CC1.CCOC(=O)C1(c2cc(-c3sc(N=C(c4ccccc4)c4ccccc4)nc3C)ccn2)CC1.Cl. The molecule has 4 aromatic heterocycles. The fourth-order valence-electron chi connectivity index (χ4n) is 7.06. The lowest BCUT2D eigenvalue weighted by Gasteiger charge is -2.14. The lowest BCUT2D eigenvalue weighted by molar-refractivity contribution is -0.147. The highest BCUT2D eigenvalue weighted by Gasteiger charge is 2.55. The normalized spacial score (nSPS) is 15.1. The number of benzene rings is 2. The number of aliphatic imine (C=N–C) groups is 1. The number of nitrogens with zero attached hydrogens (tertiary/aromatic N) is 5. The molecule has 5 heterocycles. The van der Waals surface area contributed by atoms with E-state index in [4.69, 9.17) is 29.9 Å². The van der Waals surface area contributed by atoms with Crippen LogP contribution in [-0.2, 0) is 34.6 Å². The maximum Gasteiger partial charge on any atom is 0.318 e. The Balaban J connectivity index is 0.000000195. The zero-order chi connectivity index (χ0) is 42.1. The number of halogens is 1. The second kappa shape index (κ2) is 20.5. The predicted octanol–water partition coefficient (Wildman–Crippen LogP) is 10.2. The van der Waals surface area contributed by atoms with Crippen molar-refractivity contribution in [1.29, 1.82) is 0 Å². The van der Waals surface area contributed by atoms with Crippen molar-refractivity contribution in [2.45, 2.75) is 77.0 Å². The molecule has 2 aliphatic carbocycles. The van der Waals surface area contributed by atoms with Gasteiger partial charge in [0.15, 0.2) is 5.13 Å². The molecule has 2 aromatic carbocycles. The number of carbonyl (C=O) groups excluding carboxylic acids is 2. The van der Waals surface area contributed by atoms with E-state index in [1.54, 1.807) is 23.7 Å². The van der Waals surface area contributed by atoms with Gasteiger partial charge >= 0.3 is 11.9 Å². The topological polar surface area (TPSA) is 152 Å². The molecule has 9 rings (SSSR count). The first-order valence-electron chi connectivity index (χ1n) is 20.4. The summed E-state index contributed by atoms with van der Waals surface area (Å²) >= 11 is 2.99. The Labute approximate surface area is 371 Å². The number of aromatic nitrogens is 4. The summed E-state index contributed by atoms with van der Waals surface area (Å²) < 4.78 is 15.5.